The summed E-state index contributed by atoms with van der Waals surface area (Å²) in [6, 6.07) is 7.07. The fourth-order valence-electron chi connectivity index (χ4n) is 6.77. The first-order valence-electron chi connectivity index (χ1n) is 13.1. The largest absolute Gasteiger partial charge is 0.482 e. The molecule has 204 valence electrons. The van der Waals surface area contributed by atoms with Crippen molar-refractivity contribution >= 4 is 35.0 Å². The Morgan fingerprint density at radius 2 is 1.95 bits per heavy atom. The molecule has 6 rings (SSSR count). The Morgan fingerprint density at radius 1 is 1.18 bits per heavy atom. The molecule has 0 unspecified atom stereocenters. The third kappa shape index (κ3) is 3.93. The van der Waals surface area contributed by atoms with Gasteiger partial charge in [-0.3, -0.25) is 4.79 Å². The predicted octanol–water partition coefficient (Wildman–Crippen LogP) is 4.93. The number of hydrogen-bond donors (Lipinski definition) is 1. The van der Waals surface area contributed by atoms with E-state index in [0.717, 1.165) is 24.9 Å². The van der Waals surface area contributed by atoms with Crippen molar-refractivity contribution in [3.63, 3.8) is 0 Å². The Morgan fingerprint density at radius 3 is 2.72 bits per heavy atom. The summed E-state index contributed by atoms with van der Waals surface area (Å²) in [5.41, 5.74) is 2.51. The second kappa shape index (κ2) is 9.66. The highest BCUT2D eigenvalue weighted by Gasteiger charge is 2.64. The standard InChI is InChI=1S/C30H29Cl2NO6/c1-4-15(2)27(36)17-6-10-21(26(32)25(17)31)37-14-23(35)38-22-9-5-16-13-19-18-7-8-20(34)29-30(18,11-12-33(19)3)24(16)28(22)39-29/h5-10,18-20,29,34H,2,4,11-14H2,1,3H3/t18-,19+,20-,29-,30-/m0/s1. The van der Waals surface area contributed by atoms with Crippen LogP contribution in [0.3, 0.4) is 0 Å². The van der Waals surface area contributed by atoms with Gasteiger partial charge in [-0.05, 0) is 62.2 Å². The lowest BCUT2D eigenvalue weighted by Gasteiger charge is -2.56. The minimum atomic E-state index is -0.744. The Kier molecular flexibility index (Phi) is 6.54. The number of likely N-dealkylation sites (N-methyl/N-ethyl adjacent to an activating group) is 1. The molecular weight excluding hydrogens is 541 g/mol. The van der Waals surface area contributed by atoms with E-state index in [0.29, 0.717) is 29.5 Å². The molecule has 2 aromatic carbocycles. The number of hydrogen-bond acceptors (Lipinski definition) is 7. The van der Waals surface area contributed by atoms with Gasteiger partial charge in [0.15, 0.2) is 23.9 Å². The molecule has 4 aliphatic rings. The number of benzene rings is 2. The van der Waals surface area contributed by atoms with Crippen molar-refractivity contribution in [3.8, 4) is 17.2 Å². The molecule has 7 nitrogen and oxygen atoms in total. The zero-order chi connectivity index (χ0) is 27.6. The minimum absolute atomic E-state index is 0.0301. The molecule has 1 fully saturated rings. The third-order valence-electron chi connectivity index (χ3n) is 8.74. The van der Waals surface area contributed by atoms with E-state index < -0.39 is 24.8 Å². The van der Waals surface area contributed by atoms with Crippen LogP contribution >= 0.6 is 23.2 Å². The van der Waals surface area contributed by atoms with Crippen LogP contribution in [0.1, 0.15) is 41.3 Å². The molecule has 9 heteroatoms. The maximum atomic E-state index is 12.9. The summed E-state index contributed by atoms with van der Waals surface area (Å²) in [6.07, 6.45) is 5.00. The molecule has 2 aliphatic heterocycles. The fourth-order valence-corrected chi connectivity index (χ4v) is 7.23. The molecule has 2 aromatic rings. The van der Waals surface area contributed by atoms with Gasteiger partial charge in [-0.15, -0.1) is 0 Å². The number of nitrogens with zero attached hydrogens (tertiary/aromatic N) is 1. The number of ketones is 1. The molecule has 1 saturated heterocycles. The molecule has 0 amide bonds. The smallest absolute Gasteiger partial charge is 0.349 e. The van der Waals surface area contributed by atoms with Gasteiger partial charge in [0.25, 0.3) is 0 Å². The van der Waals surface area contributed by atoms with Crippen LogP contribution in [0.25, 0.3) is 0 Å². The van der Waals surface area contributed by atoms with Gasteiger partial charge in [0.05, 0.1) is 5.02 Å². The number of carbonyl (C=O) groups is 2. The van der Waals surface area contributed by atoms with Crippen molar-refractivity contribution in [2.24, 2.45) is 5.92 Å². The van der Waals surface area contributed by atoms with E-state index in [1.54, 1.807) is 6.07 Å². The first-order valence-corrected chi connectivity index (χ1v) is 13.9. The highest BCUT2D eigenvalue weighted by atomic mass is 35.5. The molecule has 0 radical (unpaired) electrons. The van der Waals surface area contributed by atoms with E-state index in [1.807, 2.05) is 19.1 Å². The third-order valence-corrected chi connectivity index (χ3v) is 9.61. The number of likely N-dealkylation sites (tertiary alicyclic amines) is 1. The maximum absolute atomic E-state index is 12.9. The Balaban J connectivity index is 1.23. The molecular formula is C30H29Cl2NO6. The zero-order valence-electron chi connectivity index (χ0n) is 21.7. The van der Waals surface area contributed by atoms with E-state index >= 15 is 0 Å². The summed E-state index contributed by atoms with van der Waals surface area (Å²) in [5.74, 6) is 0.256. The lowest BCUT2D eigenvalue weighted by Crippen LogP contribution is -2.64. The second-order valence-corrected chi connectivity index (χ2v) is 11.5. The summed E-state index contributed by atoms with van der Waals surface area (Å²) in [7, 11) is 2.15. The molecule has 0 saturated carbocycles. The van der Waals surface area contributed by atoms with Crippen molar-refractivity contribution in [2.45, 2.75) is 49.9 Å². The van der Waals surface area contributed by atoms with Crippen molar-refractivity contribution in [1.29, 1.82) is 0 Å². The van der Waals surface area contributed by atoms with Gasteiger partial charge in [0.2, 0.25) is 0 Å². The van der Waals surface area contributed by atoms with Crippen molar-refractivity contribution in [3.05, 3.63) is 75.3 Å². The predicted molar refractivity (Wildman–Crippen MR) is 147 cm³/mol. The van der Waals surface area contributed by atoms with Crippen LogP contribution in [0.5, 0.6) is 17.2 Å². The zero-order valence-corrected chi connectivity index (χ0v) is 23.2. The van der Waals surface area contributed by atoms with E-state index in [2.05, 4.69) is 24.6 Å². The number of Topliss-reactive ketones (excluding diaryl/α,β-unsaturated/α-hetero) is 1. The number of rotatable bonds is 7. The van der Waals surface area contributed by atoms with Gasteiger partial charge >= 0.3 is 5.97 Å². The van der Waals surface area contributed by atoms with Crippen LogP contribution in [0.15, 0.2) is 48.6 Å². The van der Waals surface area contributed by atoms with E-state index in [4.69, 9.17) is 37.4 Å². The van der Waals surface area contributed by atoms with Crippen LogP contribution in [-0.2, 0) is 16.6 Å². The quantitative estimate of drug-likeness (QED) is 0.166. The van der Waals surface area contributed by atoms with E-state index in [1.165, 1.54) is 17.7 Å². The summed E-state index contributed by atoms with van der Waals surface area (Å²) >= 11 is 12.7. The second-order valence-electron chi connectivity index (χ2n) is 10.7. The van der Waals surface area contributed by atoms with Gasteiger partial charge in [-0.1, -0.05) is 54.9 Å². The molecule has 5 atom stereocenters. The minimum Gasteiger partial charge on any atom is -0.482 e. The lowest BCUT2D eigenvalue weighted by molar-refractivity contribution is -0.136. The number of halogens is 2. The van der Waals surface area contributed by atoms with E-state index in [9.17, 15) is 14.7 Å². The Hall–Kier alpha value is -2.84. The average molecular weight is 570 g/mol. The number of carbonyl (C=O) groups excluding carboxylic acids is 2. The van der Waals surface area contributed by atoms with Gasteiger partial charge < -0.3 is 24.2 Å². The normalized spacial score (nSPS) is 27.9. The van der Waals surface area contributed by atoms with Gasteiger partial charge in [-0.2, -0.15) is 0 Å². The van der Waals surface area contributed by atoms with Crippen LogP contribution in [0.2, 0.25) is 10.0 Å². The number of ether oxygens (including phenoxy) is 3. The number of piperidine rings is 1. The average Bonchev–Trinajstić information content (AvgIpc) is 3.29. The topological polar surface area (TPSA) is 85.3 Å². The summed E-state index contributed by atoms with van der Waals surface area (Å²) in [5, 5.41) is 11.0. The molecule has 0 aromatic heterocycles. The van der Waals surface area contributed by atoms with E-state index in [-0.39, 0.29) is 38.5 Å². The lowest BCUT2D eigenvalue weighted by atomic mass is 9.53. The molecule has 1 spiro atoms. The van der Waals surface area contributed by atoms with Crippen molar-refractivity contribution in [2.75, 3.05) is 20.2 Å². The number of aliphatic hydroxyl groups is 1. The Labute approximate surface area is 236 Å². The van der Waals surface area contributed by atoms with Crippen LogP contribution in [0.4, 0.5) is 0 Å². The highest BCUT2D eigenvalue weighted by molar-refractivity contribution is 6.45. The highest BCUT2D eigenvalue weighted by Crippen LogP contribution is 2.62. The van der Waals surface area contributed by atoms with Crippen LogP contribution < -0.4 is 14.2 Å². The molecule has 2 aliphatic carbocycles. The molecule has 1 N–H and O–H groups in total. The Bertz CT molecular complexity index is 1440. The molecule has 39 heavy (non-hydrogen) atoms. The first kappa shape index (κ1) is 26.4. The first-order chi connectivity index (χ1) is 18.7. The summed E-state index contributed by atoms with van der Waals surface area (Å²) < 4.78 is 17.7. The molecule has 2 bridgehead atoms. The van der Waals surface area contributed by atoms with Crippen molar-refractivity contribution in [1.82, 2.24) is 4.90 Å². The van der Waals surface area contributed by atoms with Crippen LogP contribution in [-0.4, -0.2) is 60.2 Å². The number of aliphatic hydroxyl groups excluding tert-OH is 1. The number of allylic oxidation sites excluding steroid dienone is 1. The number of esters is 1. The SMILES string of the molecule is C=C(CC)C(=O)c1ccc(OCC(=O)Oc2ccc3c4c2O[C@H]2[C@@H](O)C=C[C@H]5[C@@H](C3)N(C)CC[C@@]452)c(Cl)c1Cl. The van der Waals surface area contributed by atoms with Crippen LogP contribution in [0, 0.1) is 5.92 Å². The maximum Gasteiger partial charge on any atom is 0.349 e. The fraction of sp³-hybridized carbons (Fsp3) is 0.400. The summed E-state index contributed by atoms with van der Waals surface area (Å²) in [4.78, 5) is 27.7. The monoisotopic (exact) mass is 569 g/mol. The molecule has 2 heterocycles. The van der Waals surface area contributed by atoms with Gasteiger partial charge in [-0.25, -0.2) is 4.79 Å². The van der Waals surface area contributed by atoms with Gasteiger partial charge in [0, 0.05) is 28.5 Å². The van der Waals surface area contributed by atoms with Gasteiger partial charge in [0.1, 0.15) is 23.0 Å². The summed E-state index contributed by atoms with van der Waals surface area (Å²) in [6.45, 7) is 6.05. The van der Waals surface area contributed by atoms with Crippen molar-refractivity contribution < 1.29 is 28.9 Å².